The molecule has 2 nitrogen and oxygen atoms in total. The summed E-state index contributed by atoms with van der Waals surface area (Å²) in [4.78, 5) is 3.88. The third kappa shape index (κ3) is 3.35. The number of rotatable bonds is 3. The molecule has 11 heavy (non-hydrogen) atoms. The fourth-order valence-corrected chi connectivity index (χ4v) is 1.21. The van der Waals surface area contributed by atoms with Crippen LogP contribution in [0.25, 0.3) is 0 Å². The van der Waals surface area contributed by atoms with Gasteiger partial charge in [0.15, 0.2) is 0 Å². The van der Waals surface area contributed by atoms with Crippen molar-refractivity contribution in [3.05, 3.63) is 29.0 Å². The molecule has 0 atom stereocenters. The first-order chi connectivity index (χ1) is 5.33. The molecule has 0 amide bonds. The maximum absolute atomic E-state index is 5.68. The van der Waals surface area contributed by atoms with E-state index in [-0.39, 0.29) is 0 Å². The maximum atomic E-state index is 5.68. The monoisotopic (exact) mass is 282 g/mol. The minimum absolute atomic E-state index is 0.553. The van der Waals surface area contributed by atoms with Gasteiger partial charge >= 0.3 is 0 Å². The molecule has 60 valence electrons. The lowest BCUT2D eigenvalue weighted by molar-refractivity contribution is 0.806. The minimum Gasteiger partial charge on any atom is -0.304 e. The van der Waals surface area contributed by atoms with Gasteiger partial charge < -0.3 is 5.32 Å². The molecule has 1 aromatic rings. The Morgan fingerprint density at radius 2 is 2.45 bits per heavy atom. The molecular weight excluding hydrogens is 274 g/mol. The van der Waals surface area contributed by atoms with E-state index in [0.717, 1.165) is 11.1 Å². The van der Waals surface area contributed by atoms with Crippen LogP contribution < -0.4 is 5.32 Å². The Balaban J connectivity index is 2.56. The molecule has 0 fully saturated rings. The van der Waals surface area contributed by atoms with Crippen molar-refractivity contribution < 1.29 is 0 Å². The summed E-state index contributed by atoms with van der Waals surface area (Å²) in [5.41, 5.74) is 1.17. The lowest BCUT2D eigenvalue weighted by atomic mass is 10.3. The summed E-state index contributed by atoms with van der Waals surface area (Å²) >= 11 is 7.95. The molecule has 0 saturated carbocycles. The van der Waals surface area contributed by atoms with E-state index < -0.39 is 0 Å². The molecule has 0 aliphatic carbocycles. The van der Waals surface area contributed by atoms with Crippen LogP contribution in [0.1, 0.15) is 5.56 Å². The van der Waals surface area contributed by atoms with Gasteiger partial charge in [-0.05, 0) is 17.7 Å². The van der Waals surface area contributed by atoms with Gasteiger partial charge in [0.2, 0.25) is 0 Å². The van der Waals surface area contributed by atoms with Gasteiger partial charge in [0.25, 0.3) is 0 Å². The van der Waals surface area contributed by atoms with Gasteiger partial charge in [-0.1, -0.05) is 34.2 Å². The molecule has 0 aliphatic heterocycles. The summed E-state index contributed by atoms with van der Waals surface area (Å²) in [5, 5.41) is 3.75. The molecule has 0 aromatic carbocycles. The zero-order valence-electron chi connectivity index (χ0n) is 5.85. The van der Waals surface area contributed by atoms with Crippen molar-refractivity contribution in [1.29, 1.82) is 0 Å². The Labute approximate surface area is 84.5 Å². The van der Waals surface area contributed by atoms with E-state index in [9.17, 15) is 0 Å². The topological polar surface area (TPSA) is 24.9 Å². The van der Waals surface area contributed by atoms with Crippen molar-refractivity contribution in [1.82, 2.24) is 10.3 Å². The maximum Gasteiger partial charge on any atom is 0.129 e. The number of nitrogens with one attached hydrogen (secondary N) is 1. The summed E-state index contributed by atoms with van der Waals surface area (Å²) in [6.07, 6.45) is 1.71. The summed E-state index contributed by atoms with van der Waals surface area (Å²) < 4.78 is 0.942. The van der Waals surface area contributed by atoms with E-state index in [0.29, 0.717) is 5.15 Å². The zero-order valence-corrected chi connectivity index (χ0v) is 8.76. The van der Waals surface area contributed by atoms with Gasteiger partial charge in [-0.15, -0.1) is 0 Å². The fourth-order valence-electron chi connectivity index (χ4n) is 0.744. The molecule has 4 heteroatoms. The second kappa shape index (κ2) is 4.90. The highest BCUT2D eigenvalue weighted by molar-refractivity contribution is 14.1. The third-order valence-corrected chi connectivity index (χ3v) is 1.96. The van der Waals surface area contributed by atoms with E-state index in [1.807, 2.05) is 12.1 Å². The van der Waals surface area contributed by atoms with E-state index in [1.165, 1.54) is 5.56 Å². The van der Waals surface area contributed by atoms with Gasteiger partial charge in [0.1, 0.15) is 5.15 Å². The van der Waals surface area contributed by atoms with Gasteiger partial charge in [-0.25, -0.2) is 4.98 Å². The molecule has 0 unspecified atom stereocenters. The van der Waals surface area contributed by atoms with Gasteiger partial charge in [0, 0.05) is 17.3 Å². The Kier molecular flexibility index (Phi) is 4.11. The third-order valence-electron chi connectivity index (χ3n) is 1.21. The second-order valence-corrected chi connectivity index (χ2v) is 3.20. The van der Waals surface area contributed by atoms with Crippen LogP contribution in [0.2, 0.25) is 5.15 Å². The largest absolute Gasteiger partial charge is 0.304 e. The van der Waals surface area contributed by atoms with Crippen molar-refractivity contribution in [2.75, 3.05) is 4.55 Å². The van der Waals surface area contributed by atoms with Crippen LogP contribution in [-0.4, -0.2) is 9.54 Å². The number of nitrogens with zero attached hydrogens (tertiary/aromatic N) is 1. The zero-order chi connectivity index (χ0) is 8.10. The molecule has 1 N–H and O–H groups in total. The standard InChI is InChI=1S/C7H8ClIN2/c8-7-3-6(1-2-11-7)4-10-5-9/h1-3,10H,4-5H2. The molecule has 1 rings (SSSR count). The van der Waals surface area contributed by atoms with Crippen molar-refractivity contribution >= 4 is 34.2 Å². The average Bonchev–Trinajstić information content (AvgIpc) is 2.01. The average molecular weight is 283 g/mol. The van der Waals surface area contributed by atoms with Crippen LogP contribution in [0, 0.1) is 0 Å². The first kappa shape index (κ1) is 9.22. The number of alkyl halides is 1. The number of pyridine rings is 1. The van der Waals surface area contributed by atoms with Crippen LogP contribution in [0.3, 0.4) is 0 Å². The normalized spacial score (nSPS) is 10.0. The van der Waals surface area contributed by atoms with Crippen molar-refractivity contribution in [2.24, 2.45) is 0 Å². The van der Waals surface area contributed by atoms with Crippen molar-refractivity contribution in [3.63, 3.8) is 0 Å². The Morgan fingerprint density at radius 1 is 1.64 bits per heavy atom. The number of hydrogen-bond acceptors (Lipinski definition) is 2. The molecule has 1 aromatic heterocycles. The van der Waals surface area contributed by atoms with Gasteiger partial charge in [-0.2, -0.15) is 0 Å². The number of halogens is 2. The Hall–Kier alpha value is 0.130. The predicted molar refractivity (Wildman–Crippen MR) is 55.0 cm³/mol. The van der Waals surface area contributed by atoms with Crippen LogP contribution in [-0.2, 0) is 6.54 Å². The lowest BCUT2D eigenvalue weighted by Crippen LogP contribution is -2.09. The molecule has 1 heterocycles. The summed E-state index contributed by atoms with van der Waals surface area (Å²) in [6, 6.07) is 3.81. The molecule has 0 radical (unpaired) electrons. The number of aromatic nitrogens is 1. The van der Waals surface area contributed by atoms with Gasteiger partial charge in [-0.3, -0.25) is 0 Å². The van der Waals surface area contributed by atoms with Crippen molar-refractivity contribution in [2.45, 2.75) is 6.54 Å². The molecule has 0 aliphatic rings. The van der Waals surface area contributed by atoms with Crippen LogP contribution in [0.4, 0.5) is 0 Å². The van der Waals surface area contributed by atoms with Gasteiger partial charge in [0.05, 0.1) is 0 Å². The lowest BCUT2D eigenvalue weighted by Gasteiger charge is -1.99. The highest BCUT2D eigenvalue weighted by atomic mass is 127. The Morgan fingerprint density at radius 3 is 3.09 bits per heavy atom. The molecule has 0 bridgehead atoms. The summed E-state index contributed by atoms with van der Waals surface area (Å²) in [5.74, 6) is 0. The molecule has 0 saturated heterocycles. The molecule has 0 spiro atoms. The van der Waals surface area contributed by atoms with E-state index in [4.69, 9.17) is 11.6 Å². The Bertz CT molecular complexity index is 229. The number of hydrogen-bond donors (Lipinski definition) is 1. The highest BCUT2D eigenvalue weighted by Gasteiger charge is 1.92. The first-order valence-corrected chi connectivity index (χ1v) is 5.10. The summed E-state index contributed by atoms with van der Waals surface area (Å²) in [6.45, 7) is 0.852. The van der Waals surface area contributed by atoms with E-state index >= 15 is 0 Å². The quantitative estimate of drug-likeness (QED) is 0.398. The van der Waals surface area contributed by atoms with Crippen LogP contribution in [0.5, 0.6) is 0 Å². The second-order valence-electron chi connectivity index (χ2n) is 2.05. The predicted octanol–water partition coefficient (Wildman–Crippen LogP) is 2.22. The smallest absolute Gasteiger partial charge is 0.129 e. The first-order valence-electron chi connectivity index (χ1n) is 3.20. The summed E-state index contributed by atoms with van der Waals surface area (Å²) in [7, 11) is 0. The van der Waals surface area contributed by atoms with Crippen LogP contribution in [0.15, 0.2) is 18.3 Å². The fraction of sp³-hybridized carbons (Fsp3) is 0.286. The van der Waals surface area contributed by atoms with E-state index in [2.05, 4.69) is 32.9 Å². The van der Waals surface area contributed by atoms with E-state index in [1.54, 1.807) is 6.20 Å². The SMILES string of the molecule is Clc1cc(CNCI)ccn1. The molecular formula is C7H8ClIN2. The minimum atomic E-state index is 0.553. The van der Waals surface area contributed by atoms with Crippen molar-refractivity contribution in [3.8, 4) is 0 Å². The highest BCUT2D eigenvalue weighted by Crippen LogP contribution is 2.06. The van der Waals surface area contributed by atoms with Crippen LogP contribution >= 0.6 is 34.2 Å².